The second-order valence-electron chi connectivity index (χ2n) is 9.06. The quantitative estimate of drug-likeness (QED) is 0.324. The van der Waals surface area contributed by atoms with Crippen LogP contribution in [0.5, 0.6) is 0 Å². The lowest BCUT2D eigenvalue weighted by Gasteiger charge is -2.25. The maximum Gasteiger partial charge on any atom is 0.252 e. The summed E-state index contributed by atoms with van der Waals surface area (Å²) in [7, 11) is 1.58. The van der Waals surface area contributed by atoms with Crippen LogP contribution in [-0.4, -0.2) is 73.6 Å². The number of aliphatic imine (C=N–C) groups is 1. The Bertz CT molecular complexity index is 874. The zero-order chi connectivity index (χ0) is 22.6. The van der Waals surface area contributed by atoms with Gasteiger partial charge in [-0.05, 0) is 37.6 Å². The minimum Gasteiger partial charge on any atom is -0.383 e. The van der Waals surface area contributed by atoms with Crippen LogP contribution in [0.15, 0.2) is 29.3 Å². The Morgan fingerprint density at radius 1 is 1.42 bits per heavy atom. The Hall–Kier alpha value is -2.78. The number of amides is 2. The average molecular weight is 428 g/mol. The van der Waals surface area contributed by atoms with Crippen LogP contribution in [0.25, 0.3) is 0 Å². The molecule has 0 radical (unpaired) electrons. The van der Waals surface area contributed by atoms with E-state index in [-0.39, 0.29) is 23.2 Å². The molecular formula is C22H33N7O2. The molecule has 2 amide bonds. The zero-order valence-electron chi connectivity index (χ0n) is 18.5. The number of nitrogens with one attached hydrogen (secondary N) is 4. The van der Waals surface area contributed by atoms with Gasteiger partial charge in [0.1, 0.15) is 11.9 Å². The normalized spacial score (nSPS) is 23.9. The van der Waals surface area contributed by atoms with Crippen molar-refractivity contribution in [3.63, 3.8) is 0 Å². The highest BCUT2D eigenvalue weighted by molar-refractivity contribution is 6.11. The fourth-order valence-corrected chi connectivity index (χ4v) is 3.88. The van der Waals surface area contributed by atoms with Gasteiger partial charge in [0.15, 0.2) is 0 Å². The number of benzene rings is 1. The van der Waals surface area contributed by atoms with Gasteiger partial charge in [-0.2, -0.15) is 0 Å². The first-order valence-electron chi connectivity index (χ1n) is 10.6. The average Bonchev–Trinajstić information content (AvgIpc) is 3.29. The Kier molecular flexibility index (Phi) is 6.76. The third-order valence-electron chi connectivity index (χ3n) is 6.00. The van der Waals surface area contributed by atoms with Crippen LogP contribution in [0.2, 0.25) is 0 Å². The van der Waals surface area contributed by atoms with Crippen molar-refractivity contribution in [2.75, 3.05) is 38.5 Å². The van der Waals surface area contributed by atoms with Gasteiger partial charge in [0.05, 0.1) is 0 Å². The number of hydrogen-bond donors (Lipinski definition) is 5. The van der Waals surface area contributed by atoms with E-state index in [0.29, 0.717) is 25.1 Å². The molecule has 0 aromatic heterocycles. The van der Waals surface area contributed by atoms with Gasteiger partial charge in [0.25, 0.3) is 5.91 Å². The number of amidine groups is 1. The summed E-state index contributed by atoms with van der Waals surface area (Å²) >= 11 is 0. The van der Waals surface area contributed by atoms with Crippen LogP contribution >= 0.6 is 0 Å². The van der Waals surface area contributed by atoms with E-state index in [9.17, 15) is 9.59 Å². The largest absolute Gasteiger partial charge is 0.383 e. The molecule has 0 spiro atoms. The molecule has 2 aliphatic rings. The van der Waals surface area contributed by atoms with Crippen molar-refractivity contribution >= 4 is 29.6 Å². The number of carbonyl (C=O) groups excluding carboxylic acids is 2. The smallest absolute Gasteiger partial charge is 0.252 e. The highest BCUT2D eigenvalue weighted by Gasteiger charge is 2.41. The summed E-state index contributed by atoms with van der Waals surface area (Å²) in [5, 5.41) is 17.9. The lowest BCUT2D eigenvalue weighted by atomic mass is 9.92. The summed E-state index contributed by atoms with van der Waals surface area (Å²) < 4.78 is 0. The highest BCUT2D eigenvalue weighted by atomic mass is 16.2. The fraction of sp³-hybridized carbons (Fsp3) is 0.545. The van der Waals surface area contributed by atoms with Gasteiger partial charge in [-0.1, -0.05) is 19.9 Å². The van der Waals surface area contributed by atoms with Gasteiger partial charge in [-0.3, -0.25) is 24.9 Å². The van der Waals surface area contributed by atoms with Crippen molar-refractivity contribution < 1.29 is 9.59 Å². The molecule has 2 aliphatic heterocycles. The van der Waals surface area contributed by atoms with E-state index in [1.165, 1.54) is 11.1 Å². The fourth-order valence-electron chi connectivity index (χ4n) is 3.88. The van der Waals surface area contributed by atoms with Crippen molar-refractivity contribution in [3.8, 4) is 0 Å². The maximum absolute atomic E-state index is 12.9. The molecule has 2 atom stereocenters. The molecule has 0 saturated carbocycles. The van der Waals surface area contributed by atoms with Crippen molar-refractivity contribution in [1.82, 2.24) is 15.5 Å². The van der Waals surface area contributed by atoms with E-state index in [1.807, 2.05) is 19.9 Å². The standard InChI is InChI=1S/C22H33N7O2/c1-21(2)8-10-29(20(21)31)18(23)17(12-25-3)28-19(30)15-5-4-6-16(11-15)27-14-22(24)7-9-26-13-22/h4-6,11-12,17,23,26-27H,7-10,13-14,24H2,1-3H3,(H,28,30). The molecule has 2 saturated heterocycles. The van der Waals surface area contributed by atoms with Crippen molar-refractivity contribution in [3.05, 3.63) is 29.8 Å². The predicted molar refractivity (Wildman–Crippen MR) is 123 cm³/mol. The molecule has 9 heteroatoms. The predicted octanol–water partition coefficient (Wildman–Crippen LogP) is 0.824. The zero-order valence-corrected chi connectivity index (χ0v) is 18.5. The minimum absolute atomic E-state index is 0.0302. The van der Waals surface area contributed by atoms with E-state index in [4.69, 9.17) is 11.1 Å². The number of likely N-dealkylation sites (tertiary alicyclic amines) is 1. The maximum atomic E-state index is 12.9. The van der Waals surface area contributed by atoms with Crippen LogP contribution in [-0.2, 0) is 4.79 Å². The Labute approximate surface area is 183 Å². The van der Waals surface area contributed by atoms with Crippen LogP contribution in [0.1, 0.15) is 37.0 Å². The summed E-state index contributed by atoms with van der Waals surface area (Å²) in [6.45, 7) is 6.47. The van der Waals surface area contributed by atoms with E-state index < -0.39 is 11.5 Å². The van der Waals surface area contributed by atoms with Gasteiger partial charge in [0.2, 0.25) is 5.91 Å². The van der Waals surface area contributed by atoms with Gasteiger partial charge in [0, 0.05) is 55.1 Å². The molecule has 1 aromatic carbocycles. The van der Waals surface area contributed by atoms with Crippen molar-refractivity contribution in [2.45, 2.75) is 38.3 Å². The molecule has 2 fully saturated rings. The molecule has 0 bridgehead atoms. The van der Waals surface area contributed by atoms with E-state index in [2.05, 4.69) is 20.9 Å². The highest BCUT2D eigenvalue weighted by Crippen LogP contribution is 2.30. The minimum atomic E-state index is -0.788. The molecule has 6 N–H and O–H groups in total. The molecule has 3 rings (SSSR count). The first-order valence-corrected chi connectivity index (χ1v) is 10.6. The van der Waals surface area contributed by atoms with E-state index in [1.54, 1.807) is 25.2 Å². The first kappa shape index (κ1) is 22.9. The summed E-state index contributed by atoms with van der Waals surface area (Å²) in [6.07, 6.45) is 3.04. The number of carbonyl (C=O) groups is 2. The van der Waals surface area contributed by atoms with Gasteiger partial charge in [-0.15, -0.1) is 0 Å². The monoisotopic (exact) mass is 427 g/mol. The summed E-state index contributed by atoms with van der Waals surface area (Å²) in [6, 6.07) is 6.37. The molecule has 0 aliphatic carbocycles. The van der Waals surface area contributed by atoms with E-state index in [0.717, 1.165) is 25.2 Å². The molecular weight excluding hydrogens is 394 g/mol. The molecule has 31 heavy (non-hydrogen) atoms. The Balaban J connectivity index is 1.67. The number of anilines is 1. The van der Waals surface area contributed by atoms with Crippen LogP contribution < -0.4 is 21.7 Å². The summed E-state index contributed by atoms with van der Waals surface area (Å²) in [5.74, 6) is -0.415. The molecule has 1 aromatic rings. The summed E-state index contributed by atoms with van der Waals surface area (Å²) in [5.41, 5.74) is 6.81. The van der Waals surface area contributed by atoms with Gasteiger partial charge in [-0.25, -0.2) is 0 Å². The second-order valence-corrected chi connectivity index (χ2v) is 9.06. The molecule has 168 valence electrons. The Morgan fingerprint density at radius 3 is 2.81 bits per heavy atom. The second kappa shape index (κ2) is 9.15. The lowest BCUT2D eigenvalue weighted by Crippen LogP contribution is -2.50. The number of nitrogens with two attached hydrogens (primary N) is 1. The number of hydrogen-bond acceptors (Lipinski definition) is 7. The molecule has 9 nitrogen and oxygen atoms in total. The molecule has 2 heterocycles. The lowest BCUT2D eigenvalue weighted by molar-refractivity contribution is -0.131. The SMILES string of the molecule is CN=CC(NC(=O)c1cccc(NCC2(N)CCNC2)c1)C(=N)N1CCC(C)(C)C1=O. The topological polar surface area (TPSA) is 136 Å². The number of nitrogens with zero attached hydrogens (tertiary/aromatic N) is 2. The third kappa shape index (κ3) is 5.29. The van der Waals surface area contributed by atoms with Crippen LogP contribution in [0.4, 0.5) is 5.69 Å². The van der Waals surface area contributed by atoms with Gasteiger partial charge < -0.3 is 21.7 Å². The Morgan fingerprint density at radius 2 is 2.19 bits per heavy atom. The molecule has 2 unspecified atom stereocenters. The summed E-state index contributed by atoms with van der Waals surface area (Å²) in [4.78, 5) is 30.9. The first-order chi connectivity index (χ1) is 14.6. The third-order valence-corrected chi connectivity index (χ3v) is 6.00. The van der Waals surface area contributed by atoms with Gasteiger partial charge >= 0.3 is 0 Å². The van der Waals surface area contributed by atoms with Crippen molar-refractivity contribution in [1.29, 1.82) is 5.41 Å². The van der Waals surface area contributed by atoms with E-state index >= 15 is 0 Å². The van der Waals surface area contributed by atoms with Crippen LogP contribution in [0.3, 0.4) is 0 Å². The number of rotatable bonds is 7. The van der Waals surface area contributed by atoms with Crippen molar-refractivity contribution in [2.24, 2.45) is 16.1 Å². The van der Waals surface area contributed by atoms with Crippen LogP contribution in [0, 0.1) is 10.8 Å².